The SMILES string of the molecule is O=C(/C=C/c1ccc([N+](=O)[O-])cc1)Oc1c(Br)cc(Br)cc1/C=C1\N=C(c2ccccc2Cl)OC1=O. The fourth-order valence-corrected chi connectivity index (χ4v) is 4.66. The average Bonchev–Trinajstić information content (AvgIpc) is 3.20. The maximum absolute atomic E-state index is 12.5. The molecule has 4 rings (SSSR count). The second-order valence-electron chi connectivity index (χ2n) is 7.22. The quantitative estimate of drug-likeness (QED) is 0.0980. The van der Waals surface area contributed by atoms with E-state index in [2.05, 4.69) is 36.9 Å². The molecular weight excluding hydrogens is 620 g/mol. The molecule has 0 unspecified atom stereocenters. The molecule has 0 bridgehead atoms. The molecule has 36 heavy (non-hydrogen) atoms. The summed E-state index contributed by atoms with van der Waals surface area (Å²) in [6, 6.07) is 15.8. The van der Waals surface area contributed by atoms with Gasteiger partial charge in [0, 0.05) is 28.2 Å². The van der Waals surface area contributed by atoms with Gasteiger partial charge in [0.1, 0.15) is 0 Å². The van der Waals surface area contributed by atoms with Crippen LogP contribution >= 0.6 is 43.5 Å². The van der Waals surface area contributed by atoms with Gasteiger partial charge in [-0.25, -0.2) is 14.6 Å². The summed E-state index contributed by atoms with van der Waals surface area (Å²) in [5.74, 6) is -1.17. The lowest BCUT2D eigenvalue weighted by atomic mass is 10.1. The largest absolute Gasteiger partial charge is 0.422 e. The molecule has 0 fully saturated rings. The Labute approximate surface area is 226 Å². The zero-order valence-electron chi connectivity index (χ0n) is 18.0. The van der Waals surface area contributed by atoms with E-state index >= 15 is 0 Å². The molecule has 0 spiro atoms. The molecule has 1 heterocycles. The van der Waals surface area contributed by atoms with Gasteiger partial charge in [0.05, 0.1) is 20.0 Å². The second-order valence-corrected chi connectivity index (χ2v) is 9.40. The summed E-state index contributed by atoms with van der Waals surface area (Å²) in [4.78, 5) is 39.5. The van der Waals surface area contributed by atoms with Gasteiger partial charge in [-0.15, -0.1) is 0 Å². The average molecular weight is 633 g/mol. The van der Waals surface area contributed by atoms with Crippen molar-refractivity contribution in [3.8, 4) is 5.75 Å². The van der Waals surface area contributed by atoms with E-state index in [1.54, 1.807) is 36.4 Å². The molecule has 0 saturated heterocycles. The van der Waals surface area contributed by atoms with Crippen molar-refractivity contribution in [2.24, 2.45) is 4.99 Å². The Kier molecular flexibility index (Phi) is 7.78. The van der Waals surface area contributed by atoms with E-state index in [4.69, 9.17) is 21.1 Å². The van der Waals surface area contributed by atoms with Crippen LogP contribution in [0.15, 0.2) is 86.4 Å². The number of non-ortho nitro benzene ring substituents is 1. The first-order valence-corrected chi connectivity index (χ1v) is 12.1. The van der Waals surface area contributed by atoms with Crippen LogP contribution in [0.4, 0.5) is 5.69 Å². The van der Waals surface area contributed by atoms with Crippen molar-refractivity contribution in [2.75, 3.05) is 0 Å². The van der Waals surface area contributed by atoms with Crippen molar-refractivity contribution >= 4 is 79.1 Å². The first kappa shape index (κ1) is 25.5. The van der Waals surface area contributed by atoms with E-state index in [9.17, 15) is 19.7 Å². The second kappa shape index (κ2) is 11.0. The number of esters is 2. The summed E-state index contributed by atoms with van der Waals surface area (Å²) in [5.41, 5.74) is 1.36. The first-order valence-electron chi connectivity index (χ1n) is 10.1. The number of ether oxygens (including phenoxy) is 2. The maximum atomic E-state index is 12.5. The van der Waals surface area contributed by atoms with E-state index in [0.717, 1.165) is 0 Å². The summed E-state index contributed by atoms with van der Waals surface area (Å²) >= 11 is 12.9. The van der Waals surface area contributed by atoms with Crippen LogP contribution in [0.3, 0.4) is 0 Å². The van der Waals surface area contributed by atoms with Crippen molar-refractivity contribution in [2.45, 2.75) is 0 Å². The Balaban J connectivity index is 1.60. The Morgan fingerprint density at radius 3 is 2.53 bits per heavy atom. The number of rotatable bonds is 6. The summed E-state index contributed by atoms with van der Waals surface area (Å²) in [7, 11) is 0. The van der Waals surface area contributed by atoms with Crippen LogP contribution in [-0.4, -0.2) is 22.8 Å². The van der Waals surface area contributed by atoms with Gasteiger partial charge in [-0.1, -0.05) is 39.7 Å². The minimum atomic E-state index is -0.703. The highest BCUT2D eigenvalue weighted by molar-refractivity contribution is 9.11. The number of nitrogens with zero attached hydrogens (tertiary/aromatic N) is 2. The summed E-state index contributed by atoms with van der Waals surface area (Å²) in [5, 5.41) is 11.2. The normalized spacial score (nSPS) is 14.1. The molecule has 1 aliphatic heterocycles. The van der Waals surface area contributed by atoms with E-state index < -0.39 is 16.9 Å². The van der Waals surface area contributed by atoms with Crippen molar-refractivity contribution in [3.63, 3.8) is 0 Å². The number of nitro benzene ring substituents is 1. The van der Waals surface area contributed by atoms with Crippen LogP contribution < -0.4 is 4.74 Å². The zero-order valence-corrected chi connectivity index (χ0v) is 21.9. The van der Waals surface area contributed by atoms with Gasteiger partial charge in [0.15, 0.2) is 11.4 Å². The number of benzene rings is 3. The maximum Gasteiger partial charge on any atom is 0.363 e. The molecule has 1 aliphatic rings. The van der Waals surface area contributed by atoms with Crippen LogP contribution in [0.25, 0.3) is 12.2 Å². The Morgan fingerprint density at radius 1 is 1.11 bits per heavy atom. The topological polar surface area (TPSA) is 108 Å². The number of hydrogen-bond donors (Lipinski definition) is 0. The Hall–Kier alpha value is -3.60. The highest BCUT2D eigenvalue weighted by Gasteiger charge is 2.26. The molecule has 0 aliphatic carbocycles. The van der Waals surface area contributed by atoms with E-state index in [-0.39, 0.29) is 23.0 Å². The van der Waals surface area contributed by atoms with Crippen molar-refractivity contribution in [3.05, 3.63) is 113 Å². The molecule has 3 aromatic carbocycles. The van der Waals surface area contributed by atoms with Gasteiger partial charge >= 0.3 is 11.9 Å². The Morgan fingerprint density at radius 2 is 1.83 bits per heavy atom. The number of carbonyl (C=O) groups excluding carboxylic acids is 2. The molecule has 0 N–H and O–H groups in total. The van der Waals surface area contributed by atoms with Crippen LogP contribution in [0, 0.1) is 10.1 Å². The number of halogens is 3. The highest BCUT2D eigenvalue weighted by atomic mass is 79.9. The van der Waals surface area contributed by atoms with Crippen molar-refractivity contribution in [1.29, 1.82) is 0 Å². The molecule has 3 aromatic rings. The third kappa shape index (κ3) is 5.96. The number of hydrogen-bond acceptors (Lipinski definition) is 7. The van der Waals surface area contributed by atoms with Gasteiger partial charge in [-0.2, -0.15) is 0 Å². The van der Waals surface area contributed by atoms with Gasteiger partial charge < -0.3 is 9.47 Å². The monoisotopic (exact) mass is 630 g/mol. The van der Waals surface area contributed by atoms with Gasteiger partial charge in [0.25, 0.3) is 5.69 Å². The Bertz CT molecular complexity index is 1480. The predicted molar refractivity (Wildman–Crippen MR) is 142 cm³/mol. The molecule has 8 nitrogen and oxygen atoms in total. The fraction of sp³-hybridized carbons (Fsp3) is 0. The minimum Gasteiger partial charge on any atom is -0.422 e. The lowest BCUT2D eigenvalue weighted by molar-refractivity contribution is -0.384. The van der Waals surface area contributed by atoms with E-state index in [0.29, 0.717) is 30.7 Å². The third-order valence-electron chi connectivity index (χ3n) is 4.77. The van der Waals surface area contributed by atoms with Crippen LogP contribution in [0.1, 0.15) is 16.7 Å². The highest BCUT2D eigenvalue weighted by Crippen LogP contribution is 2.35. The van der Waals surface area contributed by atoms with Gasteiger partial charge in [-0.05, 0) is 70.0 Å². The molecule has 0 radical (unpaired) electrons. The van der Waals surface area contributed by atoms with Crippen LogP contribution in [0.5, 0.6) is 5.75 Å². The lowest BCUT2D eigenvalue weighted by Gasteiger charge is -2.09. The molecule has 0 aromatic heterocycles. The summed E-state index contributed by atoms with van der Waals surface area (Å²) in [6.45, 7) is 0. The standard InChI is InChI=1S/C25H13Br2ClN2O6/c26-16-11-15(12-21-25(32)36-24(29-21)18-3-1-2-4-20(18)28)23(19(27)13-16)35-22(31)10-7-14-5-8-17(9-6-14)30(33)34/h1-13H/b10-7+,21-12-. The first-order chi connectivity index (χ1) is 17.2. The predicted octanol–water partition coefficient (Wildman–Crippen LogP) is 6.74. The fourth-order valence-electron chi connectivity index (χ4n) is 3.11. The van der Waals surface area contributed by atoms with Gasteiger partial charge in [-0.3, -0.25) is 10.1 Å². The smallest absolute Gasteiger partial charge is 0.363 e. The number of cyclic esters (lactones) is 1. The van der Waals surface area contributed by atoms with E-state index in [1.807, 2.05) is 0 Å². The third-order valence-corrected chi connectivity index (χ3v) is 6.15. The zero-order chi connectivity index (χ0) is 25.8. The molecular formula is C25H13Br2ClN2O6. The van der Waals surface area contributed by atoms with Crippen molar-refractivity contribution in [1.82, 2.24) is 0 Å². The van der Waals surface area contributed by atoms with Crippen molar-refractivity contribution < 1.29 is 24.0 Å². The van der Waals surface area contributed by atoms with Crippen LogP contribution in [0.2, 0.25) is 5.02 Å². The van der Waals surface area contributed by atoms with E-state index in [1.165, 1.54) is 42.5 Å². The summed E-state index contributed by atoms with van der Waals surface area (Å²) in [6.07, 6.45) is 4.08. The molecule has 0 amide bonds. The number of carbonyl (C=O) groups is 2. The molecule has 11 heteroatoms. The molecule has 0 atom stereocenters. The molecule has 0 saturated carbocycles. The molecule has 180 valence electrons. The number of aliphatic imine (C=N–C) groups is 1. The summed E-state index contributed by atoms with van der Waals surface area (Å²) < 4.78 is 11.9. The number of nitro groups is 1. The minimum absolute atomic E-state index is 0.00589. The lowest BCUT2D eigenvalue weighted by Crippen LogP contribution is -2.07. The van der Waals surface area contributed by atoms with Crippen LogP contribution in [-0.2, 0) is 14.3 Å². The van der Waals surface area contributed by atoms with Gasteiger partial charge in [0.2, 0.25) is 5.90 Å².